The van der Waals surface area contributed by atoms with E-state index < -0.39 is 0 Å². The number of nitrogens with zero attached hydrogens (tertiary/aromatic N) is 3. The monoisotopic (exact) mass is 279 g/mol. The fourth-order valence-electron chi connectivity index (χ4n) is 2.62. The Morgan fingerprint density at radius 1 is 1.05 bits per heavy atom. The lowest BCUT2D eigenvalue weighted by atomic mass is 9.78. The highest BCUT2D eigenvalue weighted by Gasteiger charge is 2.27. The highest BCUT2D eigenvalue weighted by Crippen LogP contribution is 2.36. The summed E-state index contributed by atoms with van der Waals surface area (Å²) in [5.41, 5.74) is 3.18. The largest absolute Gasteiger partial charge is 0.710 e. The first-order chi connectivity index (χ1) is 10.1. The Morgan fingerprint density at radius 3 is 2.62 bits per heavy atom. The second-order valence-corrected chi connectivity index (χ2v) is 5.41. The zero-order valence-electron chi connectivity index (χ0n) is 12.1. The van der Waals surface area contributed by atoms with E-state index in [0.717, 1.165) is 16.0 Å². The summed E-state index contributed by atoms with van der Waals surface area (Å²) in [6.07, 6.45) is 13.9. The number of rotatable bonds is 2. The predicted octanol–water partition coefficient (Wildman–Crippen LogP) is 3.91. The molecule has 2 aliphatic carbocycles. The Morgan fingerprint density at radius 2 is 1.81 bits per heavy atom. The predicted molar refractivity (Wildman–Crippen MR) is 81.8 cm³/mol. The molecule has 0 spiro atoms. The van der Waals surface area contributed by atoms with Gasteiger partial charge in [-0.1, -0.05) is 36.0 Å². The fraction of sp³-hybridized carbons (Fsp3) is 0.235. The van der Waals surface area contributed by atoms with Gasteiger partial charge in [-0.25, -0.2) is 4.73 Å². The smallest absolute Gasteiger partial charge is 0.353 e. The maximum absolute atomic E-state index is 11.7. The lowest BCUT2D eigenvalue weighted by Crippen LogP contribution is -2.25. The zero-order valence-corrected chi connectivity index (χ0v) is 12.1. The van der Waals surface area contributed by atoms with E-state index in [4.69, 9.17) is 0 Å². The first-order valence-corrected chi connectivity index (χ1v) is 7.00. The molecule has 106 valence electrons. The number of aromatic nitrogens is 1. The quantitative estimate of drug-likeness (QED) is 0.460. The number of hydrogen-bond acceptors (Lipinski definition) is 3. The Balaban J connectivity index is 1.90. The van der Waals surface area contributed by atoms with E-state index >= 15 is 0 Å². The van der Waals surface area contributed by atoms with E-state index in [1.807, 2.05) is 19.1 Å². The van der Waals surface area contributed by atoms with Crippen LogP contribution in [-0.4, -0.2) is 0 Å². The number of hydrogen-bond donors (Lipinski definition) is 0. The van der Waals surface area contributed by atoms with Gasteiger partial charge in [0, 0.05) is 17.9 Å². The number of allylic oxidation sites excluding steroid dienone is 7. The molecule has 0 bridgehead atoms. The Hall–Kier alpha value is -2.49. The normalized spacial score (nSPS) is 23.9. The van der Waals surface area contributed by atoms with Crippen LogP contribution in [-0.2, 0) is 0 Å². The molecule has 4 heteroatoms. The van der Waals surface area contributed by atoms with Crippen LogP contribution in [0.5, 0.6) is 0 Å². The molecule has 2 unspecified atom stereocenters. The van der Waals surface area contributed by atoms with Gasteiger partial charge >= 0.3 is 5.82 Å². The van der Waals surface area contributed by atoms with Crippen molar-refractivity contribution in [1.29, 1.82) is 0 Å². The van der Waals surface area contributed by atoms with Gasteiger partial charge in [0.2, 0.25) is 0 Å². The Kier molecular flexibility index (Phi) is 3.52. The molecule has 0 aromatic carbocycles. The summed E-state index contributed by atoms with van der Waals surface area (Å²) in [6.45, 7) is 4.05. The van der Waals surface area contributed by atoms with Crippen LogP contribution < -0.4 is 4.73 Å². The molecule has 2 aliphatic rings. The summed E-state index contributed by atoms with van der Waals surface area (Å²) in [5.74, 6) is 0.855. The average Bonchev–Trinajstić information content (AvgIpc) is 2.50. The van der Waals surface area contributed by atoms with Crippen molar-refractivity contribution in [3.8, 4) is 0 Å². The topological polar surface area (TPSA) is 51.7 Å². The van der Waals surface area contributed by atoms with Crippen molar-refractivity contribution in [2.45, 2.75) is 13.8 Å². The molecule has 4 nitrogen and oxygen atoms in total. The van der Waals surface area contributed by atoms with Crippen molar-refractivity contribution in [2.75, 3.05) is 0 Å². The molecular weight excluding hydrogens is 262 g/mol. The summed E-state index contributed by atoms with van der Waals surface area (Å²) in [4.78, 5) is 0. The summed E-state index contributed by atoms with van der Waals surface area (Å²) in [5, 5.41) is 20.1. The van der Waals surface area contributed by atoms with Crippen LogP contribution >= 0.6 is 0 Å². The minimum absolute atomic E-state index is 0.202. The average molecular weight is 279 g/mol. The van der Waals surface area contributed by atoms with Gasteiger partial charge in [0.15, 0.2) is 0 Å². The van der Waals surface area contributed by atoms with Gasteiger partial charge in [0.05, 0.1) is 17.0 Å². The third-order valence-corrected chi connectivity index (χ3v) is 3.84. The minimum Gasteiger partial charge on any atom is -0.710 e. The number of azo groups is 1. The number of fused-ring (bicyclic) bond motifs is 1. The maximum atomic E-state index is 11.7. The van der Waals surface area contributed by atoms with E-state index in [1.165, 1.54) is 11.8 Å². The molecule has 2 atom stereocenters. The highest BCUT2D eigenvalue weighted by atomic mass is 16.5. The van der Waals surface area contributed by atoms with Crippen molar-refractivity contribution in [2.24, 2.45) is 22.1 Å². The molecule has 0 fully saturated rings. The third-order valence-electron chi connectivity index (χ3n) is 3.84. The molecule has 0 saturated heterocycles. The molecule has 0 N–H and O–H groups in total. The maximum Gasteiger partial charge on any atom is 0.353 e. The lowest BCUT2D eigenvalue weighted by molar-refractivity contribution is -0.591. The summed E-state index contributed by atoms with van der Waals surface area (Å²) in [7, 11) is 0. The summed E-state index contributed by atoms with van der Waals surface area (Å²) in [6, 6.07) is 3.48. The molecule has 21 heavy (non-hydrogen) atoms. The van der Waals surface area contributed by atoms with Gasteiger partial charge in [0.1, 0.15) is 0 Å². The van der Waals surface area contributed by atoms with Crippen LogP contribution in [0.15, 0.2) is 76.3 Å². The summed E-state index contributed by atoms with van der Waals surface area (Å²) < 4.78 is 0.731. The third kappa shape index (κ3) is 2.70. The van der Waals surface area contributed by atoms with E-state index in [9.17, 15) is 5.21 Å². The van der Waals surface area contributed by atoms with Gasteiger partial charge in [-0.15, -0.1) is 0 Å². The molecule has 0 amide bonds. The Labute approximate surface area is 124 Å². The molecule has 0 aliphatic heterocycles. The second-order valence-electron chi connectivity index (χ2n) is 5.41. The van der Waals surface area contributed by atoms with E-state index in [-0.39, 0.29) is 5.92 Å². The molecule has 1 aromatic rings. The van der Waals surface area contributed by atoms with Gasteiger partial charge in [-0.2, -0.15) is 0 Å². The van der Waals surface area contributed by atoms with Crippen LogP contribution in [0.3, 0.4) is 0 Å². The van der Waals surface area contributed by atoms with Crippen molar-refractivity contribution in [3.63, 3.8) is 0 Å². The van der Waals surface area contributed by atoms with Crippen molar-refractivity contribution < 1.29 is 4.73 Å². The first kappa shape index (κ1) is 13.5. The molecule has 0 radical (unpaired) electrons. The van der Waals surface area contributed by atoms with Crippen LogP contribution in [0.1, 0.15) is 12.5 Å². The Bertz CT molecular complexity index is 711. The van der Waals surface area contributed by atoms with Gasteiger partial charge in [-0.3, -0.25) is 0 Å². The van der Waals surface area contributed by atoms with Crippen molar-refractivity contribution in [1.82, 2.24) is 0 Å². The van der Waals surface area contributed by atoms with Crippen LogP contribution in [0.25, 0.3) is 0 Å². The molecular formula is C17H17N3O. The van der Waals surface area contributed by atoms with Crippen LogP contribution in [0.4, 0.5) is 5.82 Å². The number of aryl methyl sites for hydroxylation is 1. The summed E-state index contributed by atoms with van der Waals surface area (Å²) >= 11 is 0. The van der Waals surface area contributed by atoms with Gasteiger partial charge in [0.25, 0.3) is 0 Å². The molecule has 0 saturated carbocycles. The molecule has 3 rings (SSSR count). The van der Waals surface area contributed by atoms with Crippen molar-refractivity contribution in [3.05, 3.63) is 76.8 Å². The number of pyridine rings is 1. The standard InChI is InChI=1S/C17H17N3O/c1-12-9-10-20(21)17(11-12)19-18-16-8-7-13(2)14-5-3-4-6-15(14)16/h3-11,14-15H,1-2H3. The van der Waals surface area contributed by atoms with Gasteiger partial charge in [-0.05, 0) is 36.7 Å². The van der Waals surface area contributed by atoms with Crippen LogP contribution in [0.2, 0.25) is 0 Å². The molecule has 1 aromatic heterocycles. The van der Waals surface area contributed by atoms with Crippen LogP contribution in [0, 0.1) is 24.0 Å². The fourth-order valence-corrected chi connectivity index (χ4v) is 2.62. The molecule has 1 heterocycles. The minimum atomic E-state index is 0.202. The van der Waals surface area contributed by atoms with Gasteiger partial charge < -0.3 is 5.21 Å². The van der Waals surface area contributed by atoms with E-state index in [2.05, 4.69) is 41.5 Å². The van der Waals surface area contributed by atoms with Crippen molar-refractivity contribution >= 4 is 5.82 Å². The first-order valence-electron chi connectivity index (χ1n) is 7.00. The van der Waals surface area contributed by atoms with E-state index in [0.29, 0.717) is 11.7 Å². The van der Waals surface area contributed by atoms with E-state index in [1.54, 1.807) is 12.1 Å². The zero-order chi connectivity index (χ0) is 14.8. The lowest BCUT2D eigenvalue weighted by Gasteiger charge is -2.26. The SMILES string of the molecule is CC1=CC=C(N=Nc2cc(C)cc[n+]2[O-])C2C=CC=CC12. The second kappa shape index (κ2) is 5.48. The highest BCUT2D eigenvalue weighted by molar-refractivity contribution is 5.37.